The Morgan fingerprint density at radius 3 is 2.74 bits per heavy atom. The fraction of sp³-hybridized carbons (Fsp3) is 0.200. The van der Waals surface area contributed by atoms with E-state index in [-0.39, 0.29) is 0 Å². The van der Waals surface area contributed by atoms with E-state index in [2.05, 4.69) is 11.0 Å². The number of anilines is 1. The van der Waals surface area contributed by atoms with Crippen LogP contribution < -0.4 is 5.73 Å². The van der Waals surface area contributed by atoms with E-state index in [9.17, 15) is 0 Å². The minimum absolute atomic E-state index is 0.718. The SMILES string of the molecule is Nc1cccc2c1CN(Cc1cc(Cl)ccc1Cl)C2. The summed E-state index contributed by atoms with van der Waals surface area (Å²) < 4.78 is 0. The molecule has 1 aliphatic rings. The first kappa shape index (κ1) is 12.8. The van der Waals surface area contributed by atoms with Gasteiger partial charge in [0, 0.05) is 35.4 Å². The summed E-state index contributed by atoms with van der Waals surface area (Å²) in [6.45, 7) is 2.56. The lowest BCUT2D eigenvalue weighted by Gasteiger charge is -2.16. The van der Waals surface area contributed by atoms with Crippen LogP contribution >= 0.6 is 23.2 Å². The predicted octanol–water partition coefficient (Wildman–Crippen LogP) is 4.09. The number of hydrogen-bond donors (Lipinski definition) is 1. The average molecular weight is 293 g/mol. The number of hydrogen-bond acceptors (Lipinski definition) is 2. The van der Waals surface area contributed by atoms with Gasteiger partial charge in [0.25, 0.3) is 0 Å². The van der Waals surface area contributed by atoms with Gasteiger partial charge in [0.2, 0.25) is 0 Å². The third kappa shape index (κ3) is 2.57. The Bertz CT molecular complexity index is 626. The van der Waals surface area contributed by atoms with Crippen LogP contribution in [0.3, 0.4) is 0 Å². The van der Waals surface area contributed by atoms with E-state index in [0.717, 1.165) is 40.9 Å². The van der Waals surface area contributed by atoms with Crippen LogP contribution in [0.4, 0.5) is 5.69 Å². The fourth-order valence-corrected chi connectivity index (χ4v) is 2.91. The lowest BCUT2D eigenvalue weighted by atomic mass is 10.1. The van der Waals surface area contributed by atoms with Crippen LogP contribution in [-0.2, 0) is 19.6 Å². The molecule has 0 unspecified atom stereocenters. The summed E-state index contributed by atoms with van der Waals surface area (Å²) in [6, 6.07) is 11.7. The van der Waals surface area contributed by atoms with Crippen LogP contribution in [0.5, 0.6) is 0 Å². The smallest absolute Gasteiger partial charge is 0.0452 e. The highest BCUT2D eigenvalue weighted by atomic mass is 35.5. The molecular weight excluding hydrogens is 279 g/mol. The van der Waals surface area contributed by atoms with Gasteiger partial charge in [-0.2, -0.15) is 0 Å². The molecule has 0 saturated carbocycles. The second-order valence-electron chi connectivity index (χ2n) is 4.87. The molecule has 2 nitrogen and oxygen atoms in total. The number of rotatable bonds is 2. The van der Waals surface area contributed by atoms with Crippen molar-refractivity contribution in [2.45, 2.75) is 19.6 Å². The lowest BCUT2D eigenvalue weighted by molar-refractivity contribution is 0.276. The molecule has 0 aliphatic carbocycles. The standard InChI is InChI=1S/C15H14Cl2N2/c16-12-4-5-14(17)11(6-12)8-19-7-10-2-1-3-15(18)13(10)9-19/h1-6H,7-9,18H2. The molecule has 2 aromatic carbocycles. The second-order valence-corrected chi connectivity index (χ2v) is 5.71. The Hall–Kier alpha value is -1.22. The predicted molar refractivity (Wildman–Crippen MR) is 80.3 cm³/mol. The van der Waals surface area contributed by atoms with Crippen molar-refractivity contribution in [3.63, 3.8) is 0 Å². The summed E-state index contributed by atoms with van der Waals surface area (Å²) in [5.41, 5.74) is 10.5. The third-order valence-electron chi connectivity index (χ3n) is 3.49. The molecule has 98 valence electrons. The molecule has 1 heterocycles. The highest BCUT2D eigenvalue weighted by Crippen LogP contribution is 2.30. The zero-order valence-corrected chi connectivity index (χ0v) is 11.9. The van der Waals surface area contributed by atoms with Crippen LogP contribution in [0, 0.1) is 0 Å². The fourth-order valence-electron chi connectivity index (χ4n) is 2.53. The van der Waals surface area contributed by atoms with Gasteiger partial charge in [-0.1, -0.05) is 35.3 Å². The van der Waals surface area contributed by atoms with Gasteiger partial charge < -0.3 is 5.73 Å². The van der Waals surface area contributed by atoms with Crippen molar-refractivity contribution in [1.29, 1.82) is 0 Å². The van der Waals surface area contributed by atoms with Crippen molar-refractivity contribution in [3.05, 3.63) is 63.1 Å². The first-order chi connectivity index (χ1) is 9.13. The van der Waals surface area contributed by atoms with Crippen molar-refractivity contribution in [2.75, 3.05) is 5.73 Å². The Labute approximate surface area is 122 Å². The maximum Gasteiger partial charge on any atom is 0.0452 e. The molecular formula is C15H14Cl2N2. The van der Waals surface area contributed by atoms with Crippen molar-refractivity contribution in [2.24, 2.45) is 0 Å². The van der Waals surface area contributed by atoms with Crippen LogP contribution in [0.25, 0.3) is 0 Å². The second kappa shape index (κ2) is 5.04. The van der Waals surface area contributed by atoms with Crippen LogP contribution in [0.2, 0.25) is 10.0 Å². The van der Waals surface area contributed by atoms with Crippen molar-refractivity contribution >= 4 is 28.9 Å². The molecule has 0 spiro atoms. The van der Waals surface area contributed by atoms with Gasteiger partial charge in [-0.05, 0) is 41.0 Å². The Balaban J connectivity index is 1.81. The van der Waals surface area contributed by atoms with Crippen LogP contribution in [0.1, 0.15) is 16.7 Å². The first-order valence-electron chi connectivity index (χ1n) is 6.16. The number of nitrogens with zero attached hydrogens (tertiary/aromatic N) is 1. The lowest BCUT2D eigenvalue weighted by Crippen LogP contribution is -2.16. The third-order valence-corrected chi connectivity index (χ3v) is 4.09. The molecule has 0 bridgehead atoms. The maximum absolute atomic E-state index is 6.21. The quantitative estimate of drug-likeness (QED) is 0.845. The van der Waals surface area contributed by atoms with E-state index in [0.29, 0.717) is 0 Å². The molecule has 0 aromatic heterocycles. The molecule has 4 heteroatoms. The Kier molecular flexibility index (Phi) is 3.40. The summed E-state index contributed by atoms with van der Waals surface area (Å²) >= 11 is 12.2. The van der Waals surface area contributed by atoms with Gasteiger partial charge in [0.1, 0.15) is 0 Å². The van der Waals surface area contributed by atoms with Crippen molar-refractivity contribution < 1.29 is 0 Å². The van der Waals surface area contributed by atoms with E-state index >= 15 is 0 Å². The number of nitrogen functional groups attached to an aromatic ring is 1. The normalized spacial score (nSPS) is 14.6. The molecule has 0 radical (unpaired) electrons. The van der Waals surface area contributed by atoms with Gasteiger partial charge in [-0.15, -0.1) is 0 Å². The number of benzene rings is 2. The average Bonchev–Trinajstić information content (AvgIpc) is 2.78. The number of fused-ring (bicyclic) bond motifs is 1. The van der Waals surface area contributed by atoms with Crippen LogP contribution in [0.15, 0.2) is 36.4 Å². The molecule has 0 atom stereocenters. The zero-order valence-electron chi connectivity index (χ0n) is 10.4. The van der Waals surface area contributed by atoms with Crippen molar-refractivity contribution in [3.8, 4) is 0 Å². The molecule has 0 amide bonds. The summed E-state index contributed by atoms with van der Waals surface area (Å²) in [5.74, 6) is 0. The molecule has 3 rings (SSSR count). The summed E-state index contributed by atoms with van der Waals surface area (Å²) in [4.78, 5) is 2.32. The van der Waals surface area contributed by atoms with Gasteiger partial charge in [-0.25, -0.2) is 0 Å². The first-order valence-corrected chi connectivity index (χ1v) is 6.91. The van der Waals surface area contributed by atoms with Crippen LogP contribution in [-0.4, -0.2) is 4.90 Å². The molecule has 19 heavy (non-hydrogen) atoms. The van der Waals surface area contributed by atoms with E-state index in [1.54, 1.807) is 0 Å². The van der Waals surface area contributed by atoms with Gasteiger partial charge in [0.15, 0.2) is 0 Å². The largest absolute Gasteiger partial charge is 0.398 e. The topological polar surface area (TPSA) is 29.3 Å². The minimum atomic E-state index is 0.718. The Morgan fingerprint density at radius 1 is 1.11 bits per heavy atom. The maximum atomic E-state index is 6.21. The summed E-state index contributed by atoms with van der Waals surface area (Å²) in [5, 5.41) is 1.48. The minimum Gasteiger partial charge on any atom is -0.398 e. The molecule has 1 aliphatic heterocycles. The van der Waals surface area contributed by atoms with Gasteiger partial charge >= 0.3 is 0 Å². The summed E-state index contributed by atoms with van der Waals surface area (Å²) in [6.07, 6.45) is 0. The van der Waals surface area contributed by atoms with E-state index < -0.39 is 0 Å². The van der Waals surface area contributed by atoms with E-state index in [4.69, 9.17) is 28.9 Å². The highest BCUT2D eigenvalue weighted by molar-refractivity contribution is 6.33. The highest BCUT2D eigenvalue weighted by Gasteiger charge is 2.21. The number of nitrogens with two attached hydrogens (primary N) is 1. The van der Waals surface area contributed by atoms with Gasteiger partial charge in [-0.3, -0.25) is 4.90 Å². The molecule has 0 fully saturated rings. The van der Waals surface area contributed by atoms with Gasteiger partial charge in [0.05, 0.1) is 0 Å². The summed E-state index contributed by atoms with van der Waals surface area (Å²) in [7, 11) is 0. The van der Waals surface area contributed by atoms with Crippen molar-refractivity contribution in [1.82, 2.24) is 4.90 Å². The van der Waals surface area contributed by atoms with E-state index in [1.165, 1.54) is 11.1 Å². The van der Waals surface area contributed by atoms with E-state index in [1.807, 2.05) is 30.3 Å². The zero-order chi connectivity index (χ0) is 13.4. The molecule has 2 aromatic rings. The molecule has 2 N–H and O–H groups in total. The number of halogens is 2. The Morgan fingerprint density at radius 2 is 1.95 bits per heavy atom. The molecule has 0 saturated heterocycles. The monoisotopic (exact) mass is 292 g/mol.